The molecule has 5 heteroatoms. The molecule has 1 aliphatic heterocycles. The summed E-state index contributed by atoms with van der Waals surface area (Å²) in [7, 11) is 0. The van der Waals surface area contributed by atoms with Crippen LogP contribution in [0.3, 0.4) is 0 Å². The van der Waals surface area contributed by atoms with Gasteiger partial charge in [0.2, 0.25) is 5.96 Å². The smallest absolute Gasteiger partial charge is 0.217 e. The fourth-order valence-electron chi connectivity index (χ4n) is 1.55. The van der Waals surface area contributed by atoms with Crippen LogP contribution in [0.5, 0.6) is 0 Å². The van der Waals surface area contributed by atoms with Crippen molar-refractivity contribution in [2.75, 3.05) is 19.7 Å². The molecule has 5 nitrogen and oxygen atoms in total. The van der Waals surface area contributed by atoms with E-state index in [1.807, 2.05) is 11.8 Å². The average Bonchev–Trinajstić information content (AvgIpc) is 2.27. The van der Waals surface area contributed by atoms with Crippen LogP contribution in [-0.4, -0.2) is 52.6 Å². The Morgan fingerprint density at radius 1 is 1.53 bits per heavy atom. The second kappa shape index (κ2) is 5.23. The number of hydrogen-bond donors (Lipinski definition) is 3. The molecule has 0 bridgehead atoms. The first-order valence-electron chi connectivity index (χ1n) is 5.30. The lowest BCUT2D eigenvalue weighted by Crippen LogP contribution is -2.48. The van der Waals surface area contributed by atoms with E-state index in [1.165, 1.54) is 0 Å². The molecule has 0 aromatic heterocycles. The topological polar surface area (TPSA) is 79.9 Å². The van der Waals surface area contributed by atoms with E-state index in [0.29, 0.717) is 25.9 Å². The molecule has 86 valence electrons. The molecule has 0 atom stereocenters. The van der Waals surface area contributed by atoms with Crippen LogP contribution in [0.15, 0.2) is 4.99 Å². The number of aliphatic hydroxyl groups is 2. The number of nitrogens with one attached hydrogen (secondary N) is 1. The standard InChI is InChI=1S/C10H19N3O2/c1-2-5-12-9(11)13-6-3-10(15,8-14)4-7-13/h5,11,14-15H,2-4,6-8H2,1H3/b11-9?,12-5-. The van der Waals surface area contributed by atoms with Gasteiger partial charge in [0.25, 0.3) is 0 Å². The first-order valence-corrected chi connectivity index (χ1v) is 5.30. The summed E-state index contributed by atoms with van der Waals surface area (Å²) >= 11 is 0. The van der Waals surface area contributed by atoms with Gasteiger partial charge in [0.15, 0.2) is 0 Å². The van der Waals surface area contributed by atoms with Gasteiger partial charge in [-0.3, -0.25) is 5.41 Å². The molecular weight excluding hydrogens is 194 g/mol. The minimum absolute atomic E-state index is 0.202. The number of aliphatic hydroxyl groups excluding tert-OH is 1. The van der Waals surface area contributed by atoms with E-state index < -0.39 is 5.60 Å². The van der Waals surface area contributed by atoms with Crippen LogP contribution in [0.25, 0.3) is 0 Å². The predicted octanol–water partition coefficient (Wildman–Crippen LogP) is 0.221. The molecule has 1 saturated heterocycles. The predicted molar refractivity (Wildman–Crippen MR) is 59.4 cm³/mol. The number of guanidine groups is 1. The van der Waals surface area contributed by atoms with Crippen molar-refractivity contribution in [3.05, 3.63) is 0 Å². The summed E-state index contributed by atoms with van der Waals surface area (Å²) in [6, 6.07) is 0. The molecule has 0 saturated carbocycles. The van der Waals surface area contributed by atoms with Crippen molar-refractivity contribution < 1.29 is 10.2 Å². The third-order valence-electron chi connectivity index (χ3n) is 2.68. The van der Waals surface area contributed by atoms with Gasteiger partial charge in [-0.1, -0.05) is 6.92 Å². The first-order chi connectivity index (χ1) is 7.11. The Hall–Kier alpha value is -0.940. The molecule has 3 N–H and O–H groups in total. The highest BCUT2D eigenvalue weighted by Gasteiger charge is 2.32. The van der Waals surface area contributed by atoms with E-state index in [9.17, 15) is 5.11 Å². The second-order valence-corrected chi connectivity index (χ2v) is 3.91. The van der Waals surface area contributed by atoms with E-state index in [1.54, 1.807) is 6.21 Å². The van der Waals surface area contributed by atoms with Gasteiger partial charge >= 0.3 is 0 Å². The molecule has 15 heavy (non-hydrogen) atoms. The van der Waals surface area contributed by atoms with E-state index in [0.717, 1.165) is 6.42 Å². The Morgan fingerprint density at radius 2 is 2.13 bits per heavy atom. The van der Waals surface area contributed by atoms with E-state index in [2.05, 4.69) is 4.99 Å². The Balaban J connectivity index is 2.43. The monoisotopic (exact) mass is 213 g/mol. The number of likely N-dealkylation sites (tertiary alicyclic amines) is 1. The summed E-state index contributed by atoms with van der Waals surface area (Å²) in [4.78, 5) is 5.80. The molecule has 0 aliphatic carbocycles. The minimum Gasteiger partial charge on any atom is -0.393 e. The van der Waals surface area contributed by atoms with Gasteiger partial charge in [-0.2, -0.15) is 0 Å². The molecule has 0 unspecified atom stereocenters. The number of rotatable bonds is 2. The van der Waals surface area contributed by atoms with Crippen molar-refractivity contribution in [3.8, 4) is 0 Å². The first kappa shape index (κ1) is 12.1. The summed E-state index contributed by atoms with van der Waals surface area (Å²) in [5.74, 6) is 0.247. The Morgan fingerprint density at radius 3 is 2.60 bits per heavy atom. The van der Waals surface area contributed by atoms with Crippen molar-refractivity contribution >= 4 is 12.2 Å². The van der Waals surface area contributed by atoms with Gasteiger partial charge < -0.3 is 15.1 Å². The summed E-state index contributed by atoms with van der Waals surface area (Å²) in [6.07, 6.45) is 3.51. The maximum atomic E-state index is 9.77. The van der Waals surface area contributed by atoms with Gasteiger partial charge in [0.1, 0.15) is 0 Å². The lowest BCUT2D eigenvalue weighted by molar-refractivity contribution is -0.0500. The van der Waals surface area contributed by atoms with E-state index in [-0.39, 0.29) is 12.6 Å². The third-order valence-corrected chi connectivity index (χ3v) is 2.68. The Labute approximate surface area is 89.9 Å². The van der Waals surface area contributed by atoms with Gasteiger partial charge in [0.05, 0.1) is 12.2 Å². The normalized spacial score (nSPS) is 20.9. The van der Waals surface area contributed by atoms with Gasteiger partial charge in [-0.25, -0.2) is 4.99 Å². The van der Waals surface area contributed by atoms with Gasteiger partial charge in [0, 0.05) is 19.3 Å². The molecule has 0 radical (unpaired) electrons. The van der Waals surface area contributed by atoms with Crippen molar-refractivity contribution in [2.24, 2.45) is 4.99 Å². The Bertz CT molecular complexity index is 245. The highest BCUT2D eigenvalue weighted by Crippen LogP contribution is 2.21. The summed E-state index contributed by atoms with van der Waals surface area (Å²) in [5, 5.41) is 26.4. The largest absolute Gasteiger partial charge is 0.393 e. The highest BCUT2D eigenvalue weighted by atomic mass is 16.3. The van der Waals surface area contributed by atoms with Gasteiger partial charge in [-0.15, -0.1) is 0 Å². The van der Waals surface area contributed by atoms with Crippen LogP contribution in [0.2, 0.25) is 0 Å². The molecule has 0 amide bonds. The molecule has 1 heterocycles. The van der Waals surface area contributed by atoms with Crippen molar-refractivity contribution in [1.29, 1.82) is 5.41 Å². The second-order valence-electron chi connectivity index (χ2n) is 3.91. The Kier molecular flexibility index (Phi) is 4.23. The quantitative estimate of drug-likeness (QED) is 0.453. The van der Waals surface area contributed by atoms with Gasteiger partial charge in [-0.05, 0) is 19.3 Å². The maximum Gasteiger partial charge on any atom is 0.217 e. The highest BCUT2D eigenvalue weighted by molar-refractivity contribution is 5.85. The molecular formula is C10H19N3O2. The van der Waals surface area contributed by atoms with Crippen molar-refractivity contribution in [1.82, 2.24) is 4.90 Å². The molecule has 1 fully saturated rings. The van der Waals surface area contributed by atoms with Crippen LogP contribution >= 0.6 is 0 Å². The van der Waals surface area contributed by atoms with Crippen molar-refractivity contribution in [2.45, 2.75) is 31.8 Å². The fraction of sp³-hybridized carbons (Fsp3) is 0.800. The zero-order valence-electron chi connectivity index (χ0n) is 9.11. The van der Waals surface area contributed by atoms with Crippen LogP contribution in [0, 0.1) is 5.41 Å². The maximum absolute atomic E-state index is 9.77. The molecule has 1 rings (SSSR count). The minimum atomic E-state index is -0.953. The average molecular weight is 213 g/mol. The molecule has 1 aliphatic rings. The molecule has 0 aromatic carbocycles. The number of piperidine rings is 1. The van der Waals surface area contributed by atoms with Crippen LogP contribution in [0.4, 0.5) is 0 Å². The summed E-state index contributed by atoms with van der Waals surface area (Å²) in [6.45, 7) is 2.93. The number of nitrogens with zero attached hydrogens (tertiary/aromatic N) is 2. The zero-order chi connectivity index (χ0) is 11.3. The third kappa shape index (κ3) is 3.28. The SMILES string of the molecule is CC/C=N\C(=N)N1CCC(O)(CO)CC1. The lowest BCUT2D eigenvalue weighted by atomic mass is 9.93. The van der Waals surface area contributed by atoms with Crippen molar-refractivity contribution in [3.63, 3.8) is 0 Å². The summed E-state index contributed by atoms with van der Waals surface area (Å²) in [5.41, 5.74) is -0.953. The summed E-state index contributed by atoms with van der Waals surface area (Å²) < 4.78 is 0. The molecule has 0 aromatic rings. The molecule has 0 spiro atoms. The zero-order valence-corrected chi connectivity index (χ0v) is 9.11. The fourth-order valence-corrected chi connectivity index (χ4v) is 1.55. The van der Waals surface area contributed by atoms with E-state index >= 15 is 0 Å². The van der Waals surface area contributed by atoms with Crippen LogP contribution < -0.4 is 0 Å². The van der Waals surface area contributed by atoms with Crippen LogP contribution in [0.1, 0.15) is 26.2 Å². The number of aliphatic imine (C=N–C) groups is 1. The lowest BCUT2D eigenvalue weighted by Gasteiger charge is -2.37. The van der Waals surface area contributed by atoms with E-state index in [4.69, 9.17) is 10.5 Å². The number of hydrogen-bond acceptors (Lipinski definition) is 3. The van der Waals surface area contributed by atoms with Crippen LogP contribution in [-0.2, 0) is 0 Å².